The molecule has 2 rings (SSSR count). The van der Waals surface area contributed by atoms with E-state index >= 15 is 0 Å². The van der Waals surface area contributed by atoms with Crippen molar-refractivity contribution in [3.05, 3.63) is 61.3 Å². The van der Waals surface area contributed by atoms with E-state index in [1.807, 2.05) is 6.92 Å². The fourth-order valence-electron chi connectivity index (χ4n) is 1.78. The summed E-state index contributed by atoms with van der Waals surface area (Å²) in [6.07, 6.45) is 0. The molecule has 0 aliphatic heterocycles. The first-order valence-corrected chi connectivity index (χ1v) is 6.94. The lowest BCUT2D eigenvalue weighted by Crippen LogP contribution is -2.05. The minimum Gasteiger partial charge on any atom is -0.379 e. The largest absolute Gasteiger partial charge is 0.379 e. The van der Waals surface area contributed by atoms with Gasteiger partial charge in [-0.15, -0.1) is 0 Å². The third-order valence-electron chi connectivity index (χ3n) is 2.76. The average Bonchev–Trinajstić information content (AvgIpc) is 2.37. The Morgan fingerprint density at radius 2 is 2.15 bits per heavy atom. The van der Waals surface area contributed by atoms with Crippen LogP contribution in [0.5, 0.6) is 0 Å². The van der Waals surface area contributed by atoms with E-state index in [0.717, 1.165) is 15.9 Å². The second-order valence-corrected chi connectivity index (χ2v) is 5.45. The molecule has 0 fully saturated rings. The van der Waals surface area contributed by atoms with E-state index in [2.05, 4.69) is 26.2 Å². The number of aromatic nitrogens is 1. The number of nitro benzene ring substituents is 1. The molecule has 0 saturated heterocycles. The van der Waals surface area contributed by atoms with E-state index in [-0.39, 0.29) is 5.69 Å². The summed E-state index contributed by atoms with van der Waals surface area (Å²) >= 11 is 9.10. The van der Waals surface area contributed by atoms with E-state index in [1.54, 1.807) is 24.3 Å². The predicted molar refractivity (Wildman–Crippen MR) is 82.1 cm³/mol. The topological polar surface area (TPSA) is 68.1 Å². The zero-order valence-corrected chi connectivity index (χ0v) is 12.9. The van der Waals surface area contributed by atoms with Crippen LogP contribution in [0.1, 0.15) is 11.3 Å². The van der Waals surface area contributed by atoms with E-state index in [9.17, 15) is 10.1 Å². The number of nitrogens with one attached hydrogen (secondary N) is 1. The number of nitrogens with zero attached hydrogens (tertiary/aromatic N) is 2. The lowest BCUT2D eigenvalue weighted by atomic mass is 10.1. The van der Waals surface area contributed by atoms with Crippen LogP contribution >= 0.6 is 27.5 Å². The number of hydrogen-bond acceptors (Lipinski definition) is 4. The maximum Gasteiger partial charge on any atom is 0.274 e. The summed E-state index contributed by atoms with van der Waals surface area (Å²) in [6.45, 7) is 2.16. The van der Waals surface area contributed by atoms with Gasteiger partial charge in [-0.25, -0.2) is 4.98 Å². The molecule has 104 valence electrons. The van der Waals surface area contributed by atoms with Gasteiger partial charge in [-0.05, 0) is 31.2 Å². The van der Waals surface area contributed by atoms with Crippen molar-refractivity contribution >= 4 is 38.9 Å². The monoisotopic (exact) mass is 355 g/mol. The van der Waals surface area contributed by atoms with Crippen LogP contribution in [0.4, 0.5) is 11.4 Å². The predicted octanol–water partition coefficient (Wildman–Crippen LogP) is 4.33. The minimum atomic E-state index is -0.392. The van der Waals surface area contributed by atoms with Crippen LogP contribution < -0.4 is 5.32 Å². The lowest BCUT2D eigenvalue weighted by molar-refractivity contribution is -0.385. The van der Waals surface area contributed by atoms with E-state index in [4.69, 9.17) is 11.6 Å². The Hall–Kier alpha value is -1.66. The standard InChI is InChI=1S/C13H11BrClN3O2/c1-8-11(3-5-13(15)17-8)16-7-9-6-10(14)2-4-12(9)18(19)20/h2-6,16H,7H2,1H3. The number of aryl methyl sites for hydroxylation is 1. The molecule has 1 heterocycles. The van der Waals surface area contributed by atoms with Crippen LogP contribution in [0.3, 0.4) is 0 Å². The van der Waals surface area contributed by atoms with Gasteiger partial charge < -0.3 is 5.32 Å². The van der Waals surface area contributed by atoms with Crippen LogP contribution in [0.2, 0.25) is 5.15 Å². The van der Waals surface area contributed by atoms with Crippen molar-refractivity contribution in [2.75, 3.05) is 5.32 Å². The third-order valence-corrected chi connectivity index (χ3v) is 3.46. The summed E-state index contributed by atoms with van der Waals surface area (Å²) in [5.74, 6) is 0. The normalized spacial score (nSPS) is 10.3. The van der Waals surface area contributed by atoms with Crippen LogP contribution in [0.15, 0.2) is 34.8 Å². The summed E-state index contributed by atoms with van der Waals surface area (Å²) in [5, 5.41) is 14.5. The molecule has 0 amide bonds. The maximum atomic E-state index is 11.0. The molecule has 0 spiro atoms. The number of anilines is 1. The molecule has 2 aromatic rings. The molecule has 7 heteroatoms. The first-order valence-electron chi connectivity index (χ1n) is 5.77. The molecule has 0 unspecified atom stereocenters. The molecule has 1 N–H and O–H groups in total. The summed E-state index contributed by atoms with van der Waals surface area (Å²) in [5.41, 5.74) is 2.22. The van der Waals surface area contributed by atoms with Crippen molar-refractivity contribution in [2.24, 2.45) is 0 Å². The molecule has 1 aromatic carbocycles. The molecule has 5 nitrogen and oxygen atoms in total. The zero-order valence-electron chi connectivity index (χ0n) is 10.6. The fourth-order valence-corrected chi connectivity index (χ4v) is 2.38. The molecule has 0 aliphatic carbocycles. The molecule has 0 atom stereocenters. The van der Waals surface area contributed by atoms with Crippen molar-refractivity contribution in [3.8, 4) is 0 Å². The van der Waals surface area contributed by atoms with Gasteiger partial charge in [-0.2, -0.15) is 0 Å². The second-order valence-electron chi connectivity index (χ2n) is 4.15. The number of hydrogen-bond donors (Lipinski definition) is 1. The quantitative estimate of drug-likeness (QED) is 0.503. The van der Waals surface area contributed by atoms with Crippen molar-refractivity contribution in [1.29, 1.82) is 0 Å². The minimum absolute atomic E-state index is 0.0836. The van der Waals surface area contributed by atoms with Gasteiger partial charge in [0.15, 0.2) is 0 Å². The molecule has 1 aromatic heterocycles. The van der Waals surface area contributed by atoms with Gasteiger partial charge in [0, 0.05) is 22.6 Å². The molecular weight excluding hydrogens is 346 g/mol. The number of rotatable bonds is 4. The van der Waals surface area contributed by atoms with Gasteiger partial charge in [0.25, 0.3) is 5.69 Å². The Morgan fingerprint density at radius 1 is 1.40 bits per heavy atom. The van der Waals surface area contributed by atoms with Gasteiger partial charge in [-0.3, -0.25) is 10.1 Å². The van der Waals surface area contributed by atoms with Crippen molar-refractivity contribution in [3.63, 3.8) is 0 Å². The molecule has 0 aliphatic rings. The van der Waals surface area contributed by atoms with Gasteiger partial charge >= 0.3 is 0 Å². The Morgan fingerprint density at radius 3 is 2.80 bits per heavy atom. The van der Waals surface area contributed by atoms with E-state index in [0.29, 0.717) is 17.3 Å². The average molecular weight is 357 g/mol. The Balaban J connectivity index is 2.22. The van der Waals surface area contributed by atoms with Crippen molar-refractivity contribution in [1.82, 2.24) is 4.98 Å². The van der Waals surface area contributed by atoms with E-state index < -0.39 is 4.92 Å². The summed E-state index contributed by atoms with van der Waals surface area (Å²) in [4.78, 5) is 14.7. The highest BCUT2D eigenvalue weighted by Crippen LogP contribution is 2.24. The third kappa shape index (κ3) is 3.46. The molecule has 0 bridgehead atoms. The summed E-state index contributed by atoms with van der Waals surface area (Å²) < 4.78 is 0.797. The Kier molecular flexibility index (Phi) is 4.57. The maximum absolute atomic E-state index is 11.0. The number of nitro groups is 1. The molecular formula is C13H11BrClN3O2. The summed E-state index contributed by atoms with van der Waals surface area (Å²) in [6, 6.07) is 8.33. The molecule has 20 heavy (non-hydrogen) atoms. The number of halogens is 2. The zero-order chi connectivity index (χ0) is 14.7. The van der Waals surface area contributed by atoms with E-state index in [1.165, 1.54) is 6.07 Å². The lowest BCUT2D eigenvalue weighted by Gasteiger charge is -2.09. The first-order chi connectivity index (χ1) is 9.47. The fraction of sp³-hybridized carbons (Fsp3) is 0.154. The van der Waals surface area contributed by atoms with Crippen LogP contribution in [-0.2, 0) is 6.54 Å². The van der Waals surface area contributed by atoms with Gasteiger partial charge in [0.1, 0.15) is 5.15 Å². The highest BCUT2D eigenvalue weighted by Gasteiger charge is 2.13. The van der Waals surface area contributed by atoms with Crippen LogP contribution in [0.25, 0.3) is 0 Å². The first kappa shape index (κ1) is 14.7. The Bertz CT molecular complexity index is 664. The van der Waals surface area contributed by atoms with Gasteiger partial charge in [0.05, 0.1) is 16.3 Å². The van der Waals surface area contributed by atoms with Crippen LogP contribution in [-0.4, -0.2) is 9.91 Å². The molecule has 0 radical (unpaired) electrons. The van der Waals surface area contributed by atoms with Gasteiger partial charge in [-0.1, -0.05) is 27.5 Å². The van der Waals surface area contributed by atoms with Crippen molar-refractivity contribution < 1.29 is 4.92 Å². The highest BCUT2D eigenvalue weighted by atomic mass is 79.9. The van der Waals surface area contributed by atoms with Crippen molar-refractivity contribution in [2.45, 2.75) is 13.5 Å². The van der Waals surface area contributed by atoms with Crippen LogP contribution in [0, 0.1) is 17.0 Å². The number of benzene rings is 1. The SMILES string of the molecule is Cc1nc(Cl)ccc1NCc1cc(Br)ccc1[N+](=O)[O-]. The van der Waals surface area contributed by atoms with Gasteiger partial charge in [0.2, 0.25) is 0 Å². The second kappa shape index (κ2) is 6.19. The number of pyridine rings is 1. The summed E-state index contributed by atoms with van der Waals surface area (Å²) in [7, 11) is 0. The Labute approximate surface area is 129 Å². The smallest absolute Gasteiger partial charge is 0.274 e. The highest BCUT2D eigenvalue weighted by molar-refractivity contribution is 9.10. The molecule has 0 saturated carbocycles.